The van der Waals surface area contributed by atoms with E-state index in [1.807, 2.05) is 31.2 Å². The molecule has 0 atom stereocenters. The van der Waals surface area contributed by atoms with E-state index in [1.54, 1.807) is 12.1 Å². The highest BCUT2D eigenvalue weighted by molar-refractivity contribution is 6.38. The topological polar surface area (TPSA) is 73.3 Å². The number of hydrogen-bond acceptors (Lipinski definition) is 4. The Bertz CT molecular complexity index is 996. The number of aliphatic imine (C=N–C) groups is 1. The maximum Gasteiger partial charge on any atom is 0.178 e. The number of phenolic OH excluding ortho intramolecular Hbond substituents is 1. The second kappa shape index (κ2) is 5.42. The first-order valence-electron chi connectivity index (χ1n) is 7.33. The second-order valence-electron chi connectivity index (χ2n) is 5.57. The number of anilines is 2. The summed E-state index contributed by atoms with van der Waals surface area (Å²) in [6.07, 6.45) is 0. The summed E-state index contributed by atoms with van der Waals surface area (Å²) in [5.74, 6) is 0.579. The Kier molecular flexibility index (Phi) is 3.35. The Balaban J connectivity index is 2.06. The van der Waals surface area contributed by atoms with E-state index < -0.39 is 0 Å². The van der Waals surface area contributed by atoms with Gasteiger partial charge in [-0.2, -0.15) is 5.10 Å². The number of aromatic hydroxyl groups is 1. The van der Waals surface area contributed by atoms with Gasteiger partial charge in [-0.15, -0.1) is 0 Å². The lowest BCUT2D eigenvalue weighted by Crippen LogP contribution is -2.12. The number of hydrogen-bond donors (Lipinski definition) is 3. The fourth-order valence-electron chi connectivity index (χ4n) is 2.71. The van der Waals surface area contributed by atoms with Crippen molar-refractivity contribution in [1.82, 2.24) is 10.2 Å². The number of fused-ring (bicyclic) bond motifs is 2. The van der Waals surface area contributed by atoms with Gasteiger partial charge in [-0.05, 0) is 13.0 Å². The molecule has 0 saturated heterocycles. The third-order valence-electron chi connectivity index (χ3n) is 3.94. The predicted octanol–water partition coefficient (Wildman–Crippen LogP) is 3.10. The number of H-pyrrole nitrogens is 1. The molecule has 2 radical (unpaired) electrons. The highest BCUT2D eigenvalue weighted by Gasteiger charge is 2.23. The Labute approximate surface area is 144 Å². The fraction of sp³-hybridized carbons (Fsp3) is 0.0588. The second-order valence-corrected chi connectivity index (χ2v) is 5.97. The van der Waals surface area contributed by atoms with Crippen molar-refractivity contribution in [3.8, 4) is 5.75 Å². The highest BCUT2D eigenvalue weighted by atomic mass is 35.5. The van der Waals surface area contributed by atoms with Gasteiger partial charge >= 0.3 is 0 Å². The van der Waals surface area contributed by atoms with E-state index in [4.69, 9.17) is 24.4 Å². The van der Waals surface area contributed by atoms with Gasteiger partial charge in [0.15, 0.2) is 5.82 Å². The van der Waals surface area contributed by atoms with Crippen molar-refractivity contribution in [2.45, 2.75) is 6.92 Å². The summed E-state index contributed by atoms with van der Waals surface area (Å²) in [7, 11) is 5.90. The fourth-order valence-corrected chi connectivity index (χ4v) is 2.93. The SMILES string of the molecule is [B]c1cc2c(cc1O)Nc1n[nH]c(C)c1N=C2c1ccccc1Cl. The molecule has 0 amide bonds. The van der Waals surface area contributed by atoms with Crippen LogP contribution in [0.2, 0.25) is 5.02 Å². The van der Waals surface area contributed by atoms with Crippen LogP contribution in [-0.2, 0) is 0 Å². The molecule has 2 heterocycles. The molecule has 0 bridgehead atoms. The minimum atomic E-state index is -0.00420. The Morgan fingerprint density at radius 3 is 2.75 bits per heavy atom. The van der Waals surface area contributed by atoms with Gasteiger partial charge in [0.05, 0.1) is 17.1 Å². The summed E-state index contributed by atoms with van der Waals surface area (Å²) < 4.78 is 0. The predicted molar refractivity (Wildman–Crippen MR) is 96.9 cm³/mol. The van der Waals surface area contributed by atoms with Gasteiger partial charge < -0.3 is 10.4 Å². The number of nitrogens with zero attached hydrogens (tertiary/aromatic N) is 2. The molecule has 0 unspecified atom stereocenters. The zero-order chi connectivity index (χ0) is 16.8. The van der Waals surface area contributed by atoms with Gasteiger partial charge in [0.25, 0.3) is 0 Å². The number of aromatic nitrogens is 2. The van der Waals surface area contributed by atoms with Gasteiger partial charge in [-0.25, -0.2) is 4.99 Å². The van der Waals surface area contributed by atoms with Crippen LogP contribution in [0.15, 0.2) is 41.4 Å². The summed E-state index contributed by atoms with van der Waals surface area (Å²) in [6.45, 7) is 1.89. The molecule has 5 nitrogen and oxygen atoms in total. The maximum atomic E-state index is 9.97. The molecule has 0 aliphatic carbocycles. The monoisotopic (exact) mass is 334 g/mol. The number of rotatable bonds is 1. The van der Waals surface area contributed by atoms with Crippen molar-refractivity contribution < 1.29 is 5.11 Å². The van der Waals surface area contributed by atoms with Crippen molar-refractivity contribution in [1.29, 1.82) is 0 Å². The molecule has 0 spiro atoms. The van der Waals surface area contributed by atoms with Crippen LogP contribution in [0.3, 0.4) is 0 Å². The first-order chi connectivity index (χ1) is 11.5. The summed E-state index contributed by atoms with van der Waals surface area (Å²) in [4.78, 5) is 4.78. The Hall–Kier alpha value is -2.73. The molecule has 2 aromatic carbocycles. The van der Waals surface area contributed by atoms with E-state index in [2.05, 4.69) is 15.5 Å². The van der Waals surface area contributed by atoms with E-state index >= 15 is 0 Å². The highest BCUT2D eigenvalue weighted by Crippen LogP contribution is 2.37. The zero-order valence-electron chi connectivity index (χ0n) is 12.8. The molecular weight excluding hydrogens is 322 g/mol. The number of halogens is 1. The molecule has 4 rings (SSSR count). The van der Waals surface area contributed by atoms with Crippen molar-refractivity contribution in [3.05, 3.63) is 58.2 Å². The minimum Gasteiger partial charge on any atom is -0.509 e. The molecule has 24 heavy (non-hydrogen) atoms. The number of benzene rings is 2. The number of aromatic amines is 1. The first kappa shape index (κ1) is 14.8. The van der Waals surface area contributed by atoms with Crippen LogP contribution in [0.25, 0.3) is 0 Å². The van der Waals surface area contributed by atoms with Crippen molar-refractivity contribution in [2.24, 2.45) is 4.99 Å². The maximum absolute atomic E-state index is 9.97. The number of aryl methyl sites for hydroxylation is 1. The summed E-state index contributed by atoms with van der Waals surface area (Å²) in [5, 5.41) is 20.9. The Morgan fingerprint density at radius 2 is 1.96 bits per heavy atom. The van der Waals surface area contributed by atoms with E-state index in [0.717, 1.165) is 16.8 Å². The van der Waals surface area contributed by atoms with Crippen LogP contribution in [0.5, 0.6) is 5.75 Å². The largest absolute Gasteiger partial charge is 0.509 e. The van der Waals surface area contributed by atoms with Crippen molar-refractivity contribution >= 4 is 47.8 Å². The van der Waals surface area contributed by atoms with Crippen LogP contribution in [0.4, 0.5) is 17.2 Å². The molecule has 116 valence electrons. The number of nitrogens with one attached hydrogen (secondary N) is 2. The standard InChI is InChI=1S/C17H12BClN4O/c1-8-15-17(23-22-8)20-13-7-14(24)11(18)6-10(13)16(21-15)9-4-2-3-5-12(9)19/h2-7,24H,1H3,(H2,20,22,23). The lowest BCUT2D eigenvalue weighted by Gasteiger charge is -2.14. The lowest BCUT2D eigenvalue weighted by atomic mass is 9.89. The zero-order valence-corrected chi connectivity index (χ0v) is 13.5. The molecule has 1 aliphatic heterocycles. The van der Waals surface area contributed by atoms with E-state index in [1.165, 1.54) is 0 Å². The third-order valence-corrected chi connectivity index (χ3v) is 4.27. The molecular formula is C17H12BClN4O. The molecule has 0 fully saturated rings. The summed E-state index contributed by atoms with van der Waals surface area (Å²) in [5.41, 5.74) is 4.64. The van der Waals surface area contributed by atoms with Crippen LogP contribution in [0.1, 0.15) is 16.8 Å². The van der Waals surface area contributed by atoms with Gasteiger partial charge in [-0.1, -0.05) is 41.3 Å². The molecule has 1 aliphatic rings. The van der Waals surface area contributed by atoms with Crippen molar-refractivity contribution in [3.63, 3.8) is 0 Å². The van der Waals surface area contributed by atoms with Crippen LogP contribution >= 0.6 is 11.6 Å². The van der Waals surface area contributed by atoms with Crippen LogP contribution in [-0.4, -0.2) is 28.9 Å². The van der Waals surface area contributed by atoms with E-state index in [-0.39, 0.29) is 11.2 Å². The average molecular weight is 335 g/mol. The molecule has 3 aromatic rings. The smallest absolute Gasteiger partial charge is 0.178 e. The van der Waals surface area contributed by atoms with Gasteiger partial charge in [0, 0.05) is 22.2 Å². The quantitative estimate of drug-likeness (QED) is 0.468. The molecule has 0 saturated carbocycles. The van der Waals surface area contributed by atoms with Crippen molar-refractivity contribution in [2.75, 3.05) is 5.32 Å². The van der Waals surface area contributed by atoms with Crippen LogP contribution < -0.4 is 10.8 Å². The van der Waals surface area contributed by atoms with Crippen LogP contribution in [0, 0.1) is 6.92 Å². The Morgan fingerprint density at radius 1 is 1.17 bits per heavy atom. The summed E-state index contributed by atoms with van der Waals surface area (Å²) in [6, 6.07) is 10.7. The lowest BCUT2D eigenvalue weighted by molar-refractivity contribution is 0.480. The normalized spacial score (nSPS) is 12.7. The van der Waals surface area contributed by atoms with Gasteiger partial charge in [-0.3, -0.25) is 5.10 Å². The third kappa shape index (κ3) is 2.27. The molecule has 3 N–H and O–H groups in total. The summed E-state index contributed by atoms with van der Waals surface area (Å²) >= 11 is 6.38. The number of phenols is 1. The first-order valence-corrected chi connectivity index (χ1v) is 7.71. The minimum absolute atomic E-state index is 0.00420. The van der Waals surface area contributed by atoms with E-state index in [9.17, 15) is 5.11 Å². The molecule has 7 heteroatoms. The van der Waals surface area contributed by atoms with Gasteiger partial charge in [0.1, 0.15) is 19.3 Å². The average Bonchev–Trinajstić information content (AvgIpc) is 2.81. The molecule has 1 aromatic heterocycles. The van der Waals surface area contributed by atoms with Gasteiger partial charge in [0.2, 0.25) is 0 Å². The van der Waals surface area contributed by atoms with E-state index in [0.29, 0.717) is 27.9 Å².